The summed E-state index contributed by atoms with van der Waals surface area (Å²) in [7, 11) is 0. The van der Waals surface area contributed by atoms with Crippen LogP contribution in [0.1, 0.15) is 55.5 Å². The van der Waals surface area contributed by atoms with Gasteiger partial charge in [0.25, 0.3) is 5.91 Å². The van der Waals surface area contributed by atoms with Gasteiger partial charge in [0.05, 0.1) is 0 Å². The van der Waals surface area contributed by atoms with Crippen LogP contribution in [-0.2, 0) is 0 Å². The minimum atomic E-state index is 0.186. The second kappa shape index (κ2) is 6.75. The maximum absolute atomic E-state index is 12.8. The maximum Gasteiger partial charge on any atom is 0.254 e. The van der Waals surface area contributed by atoms with E-state index in [0.29, 0.717) is 12.0 Å². The number of benzene rings is 1. The van der Waals surface area contributed by atoms with Gasteiger partial charge in [-0.1, -0.05) is 48.7 Å². The van der Waals surface area contributed by atoms with E-state index in [-0.39, 0.29) is 5.91 Å². The molecule has 0 N–H and O–H groups in total. The fourth-order valence-corrected chi connectivity index (χ4v) is 3.28. The Labute approximate surface area is 130 Å². The van der Waals surface area contributed by atoms with E-state index >= 15 is 0 Å². The predicted molar refractivity (Wildman–Crippen MR) is 87.0 cm³/mol. The average molecular weight is 338 g/mol. The molecule has 1 aromatic carbocycles. The molecule has 1 amide bonds. The van der Waals surface area contributed by atoms with Crippen molar-refractivity contribution in [1.29, 1.82) is 0 Å². The van der Waals surface area contributed by atoms with Gasteiger partial charge in [-0.05, 0) is 43.4 Å². The van der Waals surface area contributed by atoms with Crippen LogP contribution in [0.4, 0.5) is 0 Å². The minimum Gasteiger partial charge on any atom is -0.335 e. The fourth-order valence-electron chi connectivity index (χ4n) is 2.90. The molecule has 2 rings (SSSR count). The molecule has 2 nitrogen and oxygen atoms in total. The Hall–Kier alpha value is -0.830. The highest BCUT2D eigenvalue weighted by Crippen LogP contribution is 2.27. The molecule has 0 atom stereocenters. The third kappa shape index (κ3) is 3.63. The summed E-state index contributed by atoms with van der Waals surface area (Å²) in [5.74, 6) is 0.694. The van der Waals surface area contributed by atoms with Crippen molar-refractivity contribution in [3.05, 3.63) is 33.8 Å². The minimum absolute atomic E-state index is 0.186. The number of hydrogen-bond donors (Lipinski definition) is 0. The van der Waals surface area contributed by atoms with Gasteiger partial charge in [0.15, 0.2) is 0 Å². The molecule has 0 saturated heterocycles. The molecular weight excluding hydrogens is 314 g/mol. The van der Waals surface area contributed by atoms with Crippen LogP contribution in [0.3, 0.4) is 0 Å². The molecule has 0 unspecified atom stereocenters. The van der Waals surface area contributed by atoms with Gasteiger partial charge in [-0.3, -0.25) is 4.79 Å². The summed E-state index contributed by atoms with van der Waals surface area (Å²) >= 11 is 3.53. The van der Waals surface area contributed by atoms with Gasteiger partial charge in [0.2, 0.25) is 0 Å². The third-order valence-corrected chi connectivity index (χ3v) is 4.86. The highest BCUT2D eigenvalue weighted by molar-refractivity contribution is 9.10. The van der Waals surface area contributed by atoms with Crippen LogP contribution in [0, 0.1) is 12.8 Å². The predicted octanol–water partition coefficient (Wildman–Crippen LogP) is 4.80. The third-order valence-electron chi connectivity index (χ3n) is 4.01. The molecule has 3 heteroatoms. The van der Waals surface area contributed by atoms with E-state index in [1.807, 2.05) is 25.1 Å². The van der Waals surface area contributed by atoms with E-state index in [1.165, 1.54) is 12.8 Å². The van der Waals surface area contributed by atoms with Crippen molar-refractivity contribution in [2.75, 3.05) is 6.54 Å². The van der Waals surface area contributed by atoms with E-state index in [0.717, 1.165) is 35.0 Å². The molecule has 20 heavy (non-hydrogen) atoms. The van der Waals surface area contributed by atoms with Gasteiger partial charge in [-0.2, -0.15) is 0 Å². The summed E-state index contributed by atoms with van der Waals surface area (Å²) in [5.41, 5.74) is 1.97. The molecular formula is C17H24BrNO. The Bertz CT molecular complexity index is 478. The van der Waals surface area contributed by atoms with Gasteiger partial charge in [0.1, 0.15) is 0 Å². The largest absolute Gasteiger partial charge is 0.335 e. The number of rotatable bonds is 4. The van der Waals surface area contributed by atoms with Gasteiger partial charge >= 0.3 is 0 Å². The molecule has 0 spiro atoms. The van der Waals surface area contributed by atoms with Crippen LogP contribution in [0.25, 0.3) is 0 Å². The van der Waals surface area contributed by atoms with Crippen LogP contribution in [0.15, 0.2) is 22.7 Å². The standard InChI is InChI=1S/C17H24BrNO/c1-12(2)11-19(15-6-4-5-7-15)17(20)14-9-8-13(3)16(18)10-14/h8-10,12,15H,4-7,11H2,1-3H3. The zero-order valence-electron chi connectivity index (χ0n) is 12.7. The smallest absolute Gasteiger partial charge is 0.254 e. The first-order chi connectivity index (χ1) is 9.49. The number of aryl methyl sites for hydroxylation is 1. The van der Waals surface area contributed by atoms with Crippen molar-refractivity contribution < 1.29 is 4.79 Å². The highest BCUT2D eigenvalue weighted by atomic mass is 79.9. The van der Waals surface area contributed by atoms with Crippen molar-refractivity contribution in [3.63, 3.8) is 0 Å². The molecule has 1 aliphatic carbocycles. The average Bonchev–Trinajstić information content (AvgIpc) is 2.92. The summed E-state index contributed by atoms with van der Waals surface area (Å²) in [6, 6.07) is 6.36. The van der Waals surface area contributed by atoms with E-state index < -0.39 is 0 Å². The monoisotopic (exact) mass is 337 g/mol. The molecule has 0 heterocycles. The lowest BCUT2D eigenvalue weighted by molar-refractivity contribution is 0.0655. The van der Waals surface area contributed by atoms with Crippen LogP contribution in [-0.4, -0.2) is 23.4 Å². The van der Waals surface area contributed by atoms with Crippen molar-refractivity contribution in [2.45, 2.75) is 52.5 Å². The quantitative estimate of drug-likeness (QED) is 0.772. The first kappa shape index (κ1) is 15.6. The molecule has 0 bridgehead atoms. The van der Waals surface area contributed by atoms with Crippen molar-refractivity contribution in [1.82, 2.24) is 4.90 Å². The first-order valence-corrected chi connectivity index (χ1v) is 8.35. The Morgan fingerprint density at radius 2 is 2.00 bits per heavy atom. The SMILES string of the molecule is Cc1ccc(C(=O)N(CC(C)C)C2CCCC2)cc1Br. The number of nitrogens with zero attached hydrogens (tertiary/aromatic N) is 1. The van der Waals surface area contributed by atoms with Crippen LogP contribution >= 0.6 is 15.9 Å². The summed E-state index contributed by atoms with van der Waals surface area (Å²) in [6.45, 7) is 7.26. The lowest BCUT2D eigenvalue weighted by Gasteiger charge is -2.31. The summed E-state index contributed by atoms with van der Waals surface area (Å²) < 4.78 is 1.01. The number of carbonyl (C=O) groups excluding carboxylic acids is 1. The zero-order chi connectivity index (χ0) is 14.7. The van der Waals surface area contributed by atoms with Gasteiger partial charge in [-0.15, -0.1) is 0 Å². The summed E-state index contributed by atoms with van der Waals surface area (Å²) in [5, 5.41) is 0. The Morgan fingerprint density at radius 1 is 1.35 bits per heavy atom. The molecule has 1 aliphatic rings. The van der Waals surface area contributed by atoms with Crippen LogP contribution in [0.2, 0.25) is 0 Å². The number of amides is 1. The van der Waals surface area contributed by atoms with Crippen molar-refractivity contribution >= 4 is 21.8 Å². The van der Waals surface area contributed by atoms with Gasteiger partial charge < -0.3 is 4.90 Å². The van der Waals surface area contributed by atoms with Crippen molar-refractivity contribution in [3.8, 4) is 0 Å². The van der Waals surface area contributed by atoms with Gasteiger partial charge in [-0.25, -0.2) is 0 Å². The Morgan fingerprint density at radius 3 is 2.55 bits per heavy atom. The molecule has 0 aliphatic heterocycles. The maximum atomic E-state index is 12.8. The normalized spacial score (nSPS) is 15.8. The van der Waals surface area contributed by atoms with Gasteiger partial charge in [0, 0.05) is 22.6 Å². The number of hydrogen-bond acceptors (Lipinski definition) is 1. The van der Waals surface area contributed by atoms with Crippen LogP contribution < -0.4 is 0 Å². The zero-order valence-corrected chi connectivity index (χ0v) is 14.2. The number of halogens is 1. The highest BCUT2D eigenvalue weighted by Gasteiger charge is 2.27. The van der Waals surface area contributed by atoms with Crippen molar-refractivity contribution in [2.24, 2.45) is 5.92 Å². The molecule has 1 fully saturated rings. The van der Waals surface area contributed by atoms with E-state index in [4.69, 9.17) is 0 Å². The summed E-state index contributed by atoms with van der Waals surface area (Å²) in [6.07, 6.45) is 4.82. The first-order valence-electron chi connectivity index (χ1n) is 7.56. The molecule has 1 aromatic rings. The van der Waals surface area contributed by atoms with E-state index in [1.54, 1.807) is 0 Å². The summed E-state index contributed by atoms with van der Waals surface area (Å²) in [4.78, 5) is 14.9. The van der Waals surface area contributed by atoms with E-state index in [2.05, 4.69) is 34.7 Å². The van der Waals surface area contributed by atoms with E-state index in [9.17, 15) is 4.79 Å². The molecule has 0 aromatic heterocycles. The Balaban J connectivity index is 2.22. The topological polar surface area (TPSA) is 20.3 Å². The lowest BCUT2D eigenvalue weighted by Crippen LogP contribution is -2.41. The second-order valence-corrected chi connectivity index (χ2v) is 7.11. The fraction of sp³-hybridized carbons (Fsp3) is 0.588. The molecule has 0 radical (unpaired) electrons. The lowest BCUT2D eigenvalue weighted by atomic mass is 10.1. The van der Waals surface area contributed by atoms with Crippen LogP contribution in [0.5, 0.6) is 0 Å². The Kier molecular flexibility index (Phi) is 5.25. The number of carbonyl (C=O) groups is 1. The molecule has 1 saturated carbocycles. The molecule has 110 valence electrons. The second-order valence-electron chi connectivity index (χ2n) is 6.25.